The zero-order chi connectivity index (χ0) is 12.8. The van der Waals surface area contributed by atoms with Crippen LogP contribution in [0.5, 0.6) is 5.75 Å². The van der Waals surface area contributed by atoms with Gasteiger partial charge in [0, 0.05) is 31.9 Å². The van der Waals surface area contributed by atoms with Crippen LogP contribution in [-0.4, -0.2) is 36.4 Å². The minimum Gasteiger partial charge on any atom is -0.492 e. The summed E-state index contributed by atoms with van der Waals surface area (Å²) in [5, 5.41) is 9.10. The molecule has 1 aromatic rings. The molecule has 0 aliphatic heterocycles. The Morgan fingerprint density at radius 1 is 1.41 bits per heavy atom. The van der Waals surface area contributed by atoms with Crippen LogP contribution in [0.3, 0.4) is 0 Å². The molecule has 5 heteroatoms. The summed E-state index contributed by atoms with van der Waals surface area (Å²) < 4.78 is 10.4. The number of aromatic nitrogens is 1. The molecule has 1 heterocycles. The van der Waals surface area contributed by atoms with Gasteiger partial charge in [-0.05, 0) is 13.8 Å². The highest BCUT2D eigenvalue weighted by molar-refractivity contribution is 5.92. The van der Waals surface area contributed by atoms with E-state index in [0.717, 1.165) is 12.1 Å². The van der Waals surface area contributed by atoms with Crippen molar-refractivity contribution in [3.05, 3.63) is 23.0 Å². The Hall–Kier alpha value is -1.62. The number of hydrogen-bond donors (Lipinski definition) is 1. The number of aromatic carboxylic acids is 1. The van der Waals surface area contributed by atoms with E-state index in [1.54, 1.807) is 27.0 Å². The molecule has 0 bridgehead atoms. The van der Waals surface area contributed by atoms with Crippen molar-refractivity contribution in [1.82, 2.24) is 4.98 Å². The number of ether oxygens (including phenoxy) is 2. The Bertz CT molecular complexity index is 404. The monoisotopic (exact) mass is 239 g/mol. The van der Waals surface area contributed by atoms with Crippen LogP contribution in [-0.2, 0) is 4.74 Å². The number of carboxylic acid groups (broad SMARTS) is 1. The van der Waals surface area contributed by atoms with Crippen molar-refractivity contribution in [2.24, 2.45) is 0 Å². The molecule has 1 rings (SSSR count). The highest BCUT2D eigenvalue weighted by Crippen LogP contribution is 2.22. The first kappa shape index (κ1) is 13.4. The van der Waals surface area contributed by atoms with E-state index >= 15 is 0 Å². The van der Waals surface area contributed by atoms with E-state index < -0.39 is 5.97 Å². The van der Waals surface area contributed by atoms with E-state index in [0.29, 0.717) is 24.7 Å². The second kappa shape index (κ2) is 6.20. The predicted octanol–water partition coefficient (Wildman–Crippen LogP) is 1.81. The van der Waals surface area contributed by atoms with Crippen LogP contribution in [0.2, 0.25) is 0 Å². The third kappa shape index (κ3) is 3.71. The van der Waals surface area contributed by atoms with E-state index in [1.165, 1.54) is 0 Å². The number of carbonyl (C=O) groups is 1. The van der Waals surface area contributed by atoms with Crippen LogP contribution < -0.4 is 4.74 Å². The minimum atomic E-state index is -1.02. The van der Waals surface area contributed by atoms with Crippen LogP contribution in [0.1, 0.15) is 28.2 Å². The number of methoxy groups -OCH3 is 1. The van der Waals surface area contributed by atoms with Crippen LogP contribution in [0.15, 0.2) is 6.07 Å². The Morgan fingerprint density at radius 2 is 2.12 bits per heavy atom. The lowest BCUT2D eigenvalue weighted by molar-refractivity contribution is 0.0690. The fourth-order valence-corrected chi connectivity index (χ4v) is 1.55. The third-order valence-electron chi connectivity index (χ3n) is 2.26. The molecule has 1 aromatic heterocycles. The molecule has 0 saturated carbocycles. The Kier molecular flexibility index (Phi) is 4.90. The number of rotatable bonds is 6. The van der Waals surface area contributed by atoms with Crippen molar-refractivity contribution in [3.8, 4) is 5.75 Å². The second-order valence-electron chi connectivity index (χ2n) is 3.72. The Balaban J connectivity index is 2.85. The Labute approximate surface area is 100 Å². The van der Waals surface area contributed by atoms with Crippen molar-refractivity contribution in [2.75, 3.05) is 20.3 Å². The molecule has 0 fully saturated rings. The van der Waals surface area contributed by atoms with Crippen molar-refractivity contribution in [1.29, 1.82) is 0 Å². The van der Waals surface area contributed by atoms with Gasteiger partial charge < -0.3 is 14.6 Å². The van der Waals surface area contributed by atoms with Crippen LogP contribution >= 0.6 is 0 Å². The highest BCUT2D eigenvalue weighted by Gasteiger charge is 2.16. The van der Waals surface area contributed by atoms with Gasteiger partial charge in [0.25, 0.3) is 0 Å². The SMILES string of the molecule is COCCCOc1cc(C)nc(C)c1C(=O)O. The number of hydrogen-bond acceptors (Lipinski definition) is 4. The molecule has 17 heavy (non-hydrogen) atoms. The maximum atomic E-state index is 11.1. The van der Waals surface area contributed by atoms with Gasteiger partial charge in [-0.2, -0.15) is 0 Å². The molecule has 0 radical (unpaired) electrons. The molecule has 0 amide bonds. The summed E-state index contributed by atoms with van der Waals surface area (Å²) >= 11 is 0. The summed E-state index contributed by atoms with van der Waals surface area (Å²) in [5.41, 5.74) is 1.35. The molecule has 0 spiro atoms. The second-order valence-corrected chi connectivity index (χ2v) is 3.72. The van der Waals surface area contributed by atoms with Crippen LogP contribution in [0, 0.1) is 13.8 Å². The summed E-state index contributed by atoms with van der Waals surface area (Å²) in [5.74, 6) is -0.643. The molecular formula is C12H17NO4. The van der Waals surface area contributed by atoms with Crippen molar-refractivity contribution in [2.45, 2.75) is 20.3 Å². The molecule has 0 aliphatic carbocycles. The average molecular weight is 239 g/mol. The predicted molar refractivity (Wildman–Crippen MR) is 62.7 cm³/mol. The number of pyridine rings is 1. The number of nitrogens with zero attached hydrogens (tertiary/aromatic N) is 1. The largest absolute Gasteiger partial charge is 0.492 e. The normalized spacial score (nSPS) is 10.3. The maximum absolute atomic E-state index is 11.1. The standard InChI is InChI=1S/C12H17NO4/c1-8-7-10(17-6-4-5-16-3)11(12(14)15)9(2)13-8/h7H,4-6H2,1-3H3,(H,14,15). The number of aryl methyl sites for hydroxylation is 2. The van der Waals surface area contributed by atoms with Crippen LogP contribution in [0.4, 0.5) is 0 Å². The summed E-state index contributed by atoms with van der Waals surface area (Å²) in [6.07, 6.45) is 0.718. The first-order valence-corrected chi connectivity index (χ1v) is 5.39. The van der Waals surface area contributed by atoms with Gasteiger partial charge >= 0.3 is 5.97 Å². The highest BCUT2D eigenvalue weighted by atomic mass is 16.5. The molecule has 0 unspecified atom stereocenters. The minimum absolute atomic E-state index is 0.132. The third-order valence-corrected chi connectivity index (χ3v) is 2.26. The first-order chi connectivity index (χ1) is 8.06. The summed E-state index contributed by atoms with van der Waals surface area (Å²) in [7, 11) is 1.61. The maximum Gasteiger partial charge on any atom is 0.341 e. The van der Waals surface area contributed by atoms with Gasteiger partial charge in [0.05, 0.1) is 12.3 Å². The van der Waals surface area contributed by atoms with E-state index in [2.05, 4.69) is 4.98 Å². The lowest BCUT2D eigenvalue weighted by Crippen LogP contribution is -2.09. The van der Waals surface area contributed by atoms with E-state index in [9.17, 15) is 4.79 Å². The van der Waals surface area contributed by atoms with Crippen molar-refractivity contribution >= 4 is 5.97 Å². The molecule has 0 atom stereocenters. The smallest absolute Gasteiger partial charge is 0.341 e. The quantitative estimate of drug-likeness (QED) is 0.767. The zero-order valence-corrected chi connectivity index (χ0v) is 10.3. The molecule has 1 N–H and O–H groups in total. The van der Waals surface area contributed by atoms with E-state index in [1.807, 2.05) is 0 Å². The fourth-order valence-electron chi connectivity index (χ4n) is 1.55. The Morgan fingerprint density at radius 3 is 2.71 bits per heavy atom. The lowest BCUT2D eigenvalue weighted by Gasteiger charge is -2.11. The average Bonchev–Trinajstić information content (AvgIpc) is 2.22. The van der Waals surface area contributed by atoms with Gasteiger partial charge in [0.1, 0.15) is 11.3 Å². The van der Waals surface area contributed by atoms with E-state index in [4.69, 9.17) is 14.6 Å². The lowest BCUT2D eigenvalue weighted by atomic mass is 10.1. The first-order valence-electron chi connectivity index (χ1n) is 5.39. The van der Waals surface area contributed by atoms with Crippen molar-refractivity contribution in [3.63, 3.8) is 0 Å². The fraction of sp³-hybridized carbons (Fsp3) is 0.500. The van der Waals surface area contributed by atoms with Crippen molar-refractivity contribution < 1.29 is 19.4 Å². The topological polar surface area (TPSA) is 68.7 Å². The summed E-state index contributed by atoms with van der Waals surface area (Å²) in [6, 6.07) is 1.64. The molecule has 0 aliphatic rings. The molecule has 94 valence electrons. The van der Waals surface area contributed by atoms with E-state index in [-0.39, 0.29) is 5.56 Å². The van der Waals surface area contributed by atoms with Gasteiger partial charge in [-0.3, -0.25) is 4.98 Å². The summed E-state index contributed by atoms with van der Waals surface area (Å²) in [6.45, 7) is 4.49. The van der Waals surface area contributed by atoms with Gasteiger partial charge in [0.2, 0.25) is 0 Å². The van der Waals surface area contributed by atoms with Crippen LogP contribution in [0.25, 0.3) is 0 Å². The number of carboxylic acids is 1. The zero-order valence-electron chi connectivity index (χ0n) is 10.3. The summed E-state index contributed by atoms with van der Waals surface area (Å²) in [4.78, 5) is 15.2. The molecule has 0 saturated heterocycles. The van der Waals surface area contributed by atoms with Gasteiger partial charge in [0.15, 0.2) is 0 Å². The molecule has 0 aromatic carbocycles. The van der Waals surface area contributed by atoms with Gasteiger partial charge in [-0.15, -0.1) is 0 Å². The molecular weight excluding hydrogens is 222 g/mol. The van der Waals surface area contributed by atoms with Gasteiger partial charge in [-0.1, -0.05) is 0 Å². The molecule has 5 nitrogen and oxygen atoms in total. The van der Waals surface area contributed by atoms with Gasteiger partial charge in [-0.25, -0.2) is 4.79 Å².